The van der Waals surface area contributed by atoms with E-state index in [0.717, 1.165) is 0 Å². The number of ether oxygens (including phenoxy) is 1. The standard InChI is InChI=1S/C9H9NO4/c1-14-8(11)6-3-2-4-7(5-6)10-9(12)13/h2-5,10H,1H3,(H,12,13). The molecule has 0 spiro atoms. The Hall–Kier alpha value is -2.04. The number of benzene rings is 1. The van der Waals surface area contributed by atoms with Crippen molar-refractivity contribution in [2.24, 2.45) is 0 Å². The van der Waals surface area contributed by atoms with Gasteiger partial charge in [0, 0.05) is 5.69 Å². The minimum absolute atomic E-state index is 0.304. The van der Waals surface area contributed by atoms with Crippen molar-refractivity contribution in [3.63, 3.8) is 0 Å². The largest absolute Gasteiger partial charge is 0.465 e. The zero-order valence-electron chi connectivity index (χ0n) is 7.48. The number of esters is 1. The Bertz CT molecular complexity index is 362. The molecule has 0 heterocycles. The summed E-state index contributed by atoms with van der Waals surface area (Å²) in [6.45, 7) is 0. The molecule has 0 bridgehead atoms. The molecular formula is C9H9NO4. The summed E-state index contributed by atoms with van der Waals surface area (Å²) >= 11 is 0. The van der Waals surface area contributed by atoms with Crippen LogP contribution in [-0.2, 0) is 4.74 Å². The average Bonchev–Trinajstić information content (AvgIpc) is 2.16. The number of hydrogen-bond donors (Lipinski definition) is 2. The maximum absolute atomic E-state index is 11.1. The van der Waals surface area contributed by atoms with Crippen molar-refractivity contribution in [3.05, 3.63) is 29.8 Å². The Kier molecular flexibility index (Phi) is 3.06. The van der Waals surface area contributed by atoms with Gasteiger partial charge in [0.2, 0.25) is 0 Å². The lowest BCUT2D eigenvalue weighted by Gasteiger charge is -2.02. The van der Waals surface area contributed by atoms with Crippen LogP contribution in [0.4, 0.5) is 10.5 Å². The van der Waals surface area contributed by atoms with E-state index in [1.54, 1.807) is 18.2 Å². The number of carbonyl (C=O) groups excluding carboxylic acids is 1. The lowest BCUT2D eigenvalue weighted by atomic mass is 10.2. The predicted octanol–water partition coefficient (Wildman–Crippen LogP) is 1.56. The molecule has 2 N–H and O–H groups in total. The third-order valence-electron chi connectivity index (χ3n) is 1.53. The van der Waals surface area contributed by atoms with Crippen LogP contribution in [0.25, 0.3) is 0 Å². The van der Waals surface area contributed by atoms with Crippen molar-refractivity contribution < 1.29 is 19.4 Å². The Morgan fingerprint density at radius 3 is 2.71 bits per heavy atom. The van der Waals surface area contributed by atoms with Gasteiger partial charge in [-0.25, -0.2) is 9.59 Å². The number of carbonyl (C=O) groups is 2. The maximum atomic E-state index is 11.1. The van der Waals surface area contributed by atoms with E-state index in [-0.39, 0.29) is 0 Å². The highest BCUT2D eigenvalue weighted by Gasteiger charge is 2.06. The van der Waals surface area contributed by atoms with E-state index in [1.807, 2.05) is 0 Å². The molecule has 0 aliphatic carbocycles. The van der Waals surface area contributed by atoms with E-state index in [2.05, 4.69) is 10.1 Å². The Labute approximate surface area is 80.3 Å². The Balaban J connectivity index is 2.89. The third-order valence-corrected chi connectivity index (χ3v) is 1.53. The maximum Gasteiger partial charge on any atom is 0.409 e. The first-order valence-electron chi connectivity index (χ1n) is 3.82. The molecule has 0 fully saturated rings. The first-order valence-corrected chi connectivity index (χ1v) is 3.82. The SMILES string of the molecule is COC(=O)c1cccc(NC(=O)O)c1. The number of nitrogens with one attached hydrogen (secondary N) is 1. The fourth-order valence-corrected chi connectivity index (χ4v) is 0.965. The number of amides is 1. The fraction of sp³-hybridized carbons (Fsp3) is 0.111. The van der Waals surface area contributed by atoms with Gasteiger partial charge in [-0.1, -0.05) is 6.07 Å². The van der Waals surface area contributed by atoms with Gasteiger partial charge >= 0.3 is 12.1 Å². The molecule has 0 radical (unpaired) electrons. The Morgan fingerprint density at radius 2 is 2.14 bits per heavy atom. The van der Waals surface area contributed by atoms with Crippen LogP contribution in [-0.4, -0.2) is 24.3 Å². The van der Waals surface area contributed by atoms with E-state index in [1.165, 1.54) is 13.2 Å². The Morgan fingerprint density at radius 1 is 1.43 bits per heavy atom. The lowest BCUT2D eigenvalue weighted by Crippen LogP contribution is -2.08. The quantitative estimate of drug-likeness (QED) is 0.702. The molecule has 5 nitrogen and oxygen atoms in total. The summed E-state index contributed by atoms with van der Waals surface area (Å²) in [6, 6.07) is 6.05. The fourth-order valence-electron chi connectivity index (χ4n) is 0.965. The van der Waals surface area contributed by atoms with Crippen molar-refractivity contribution in [2.45, 2.75) is 0 Å². The van der Waals surface area contributed by atoms with Crippen LogP contribution in [0.15, 0.2) is 24.3 Å². The number of anilines is 1. The van der Waals surface area contributed by atoms with Crippen molar-refractivity contribution in [1.29, 1.82) is 0 Å². The average molecular weight is 195 g/mol. The van der Waals surface area contributed by atoms with Gasteiger partial charge in [-0.05, 0) is 18.2 Å². The smallest absolute Gasteiger partial charge is 0.409 e. The summed E-state index contributed by atoms with van der Waals surface area (Å²) in [6.07, 6.45) is -1.17. The van der Waals surface area contributed by atoms with E-state index in [4.69, 9.17) is 5.11 Å². The molecule has 14 heavy (non-hydrogen) atoms. The molecule has 0 aromatic heterocycles. The van der Waals surface area contributed by atoms with E-state index < -0.39 is 12.1 Å². The molecule has 74 valence electrons. The predicted molar refractivity (Wildman–Crippen MR) is 49.4 cm³/mol. The number of rotatable bonds is 2. The molecule has 0 atom stereocenters. The minimum Gasteiger partial charge on any atom is -0.465 e. The first-order chi connectivity index (χ1) is 6.63. The topological polar surface area (TPSA) is 75.6 Å². The number of hydrogen-bond acceptors (Lipinski definition) is 3. The molecule has 1 aromatic rings. The monoisotopic (exact) mass is 195 g/mol. The van der Waals surface area contributed by atoms with Crippen LogP contribution in [0, 0.1) is 0 Å². The number of methoxy groups -OCH3 is 1. The zero-order chi connectivity index (χ0) is 10.6. The molecule has 0 aliphatic heterocycles. The lowest BCUT2D eigenvalue weighted by molar-refractivity contribution is 0.0600. The number of carboxylic acid groups (broad SMARTS) is 1. The van der Waals surface area contributed by atoms with Gasteiger partial charge in [-0.2, -0.15) is 0 Å². The van der Waals surface area contributed by atoms with Crippen molar-refractivity contribution in [2.75, 3.05) is 12.4 Å². The minimum atomic E-state index is -1.17. The van der Waals surface area contributed by atoms with Gasteiger partial charge in [-0.15, -0.1) is 0 Å². The van der Waals surface area contributed by atoms with E-state index in [0.29, 0.717) is 11.3 Å². The van der Waals surface area contributed by atoms with E-state index in [9.17, 15) is 9.59 Å². The van der Waals surface area contributed by atoms with Crippen LogP contribution in [0.2, 0.25) is 0 Å². The highest BCUT2D eigenvalue weighted by molar-refractivity contribution is 5.92. The second-order valence-electron chi connectivity index (χ2n) is 2.50. The molecule has 0 saturated carbocycles. The molecule has 1 rings (SSSR count). The van der Waals surface area contributed by atoms with Gasteiger partial charge in [-0.3, -0.25) is 5.32 Å². The van der Waals surface area contributed by atoms with Crippen LogP contribution < -0.4 is 5.32 Å². The summed E-state index contributed by atoms with van der Waals surface area (Å²) in [5, 5.41) is 10.6. The van der Waals surface area contributed by atoms with E-state index >= 15 is 0 Å². The van der Waals surface area contributed by atoms with Gasteiger partial charge in [0.05, 0.1) is 12.7 Å². The molecule has 0 unspecified atom stereocenters. The first kappa shape index (κ1) is 10.0. The molecule has 1 amide bonds. The third kappa shape index (κ3) is 2.48. The summed E-state index contributed by atoms with van der Waals surface area (Å²) < 4.78 is 4.48. The zero-order valence-corrected chi connectivity index (χ0v) is 7.48. The normalized spacial score (nSPS) is 9.21. The van der Waals surface area contributed by atoms with Crippen molar-refractivity contribution in [3.8, 4) is 0 Å². The summed E-state index contributed by atoms with van der Waals surface area (Å²) in [5.74, 6) is -0.501. The summed E-state index contributed by atoms with van der Waals surface area (Å²) in [4.78, 5) is 21.3. The van der Waals surface area contributed by atoms with Crippen molar-refractivity contribution in [1.82, 2.24) is 0 Å². The summed E-state index contributed by atoms with van der Waals surface area (Å²) in [7, 11) is 1.26. The molecular weight excluding hydrogens is 186 g/mol. The van der Waals surface area contributed by atoms with Gasteiger partial charge < -0.3 is 9.84 Å². The van der Waals surface area contributed by atoms with Gasteiger partial charge in [0.25, 0.3) is 0 Å². The molecule has 1 aromatic carbocycles. The van der Waals surface area contributed by atoms with Gasteiger partial charge in [0.1, 0.15) is 0 Å². The molecule has 0 aliphatic rings. The van der Waals surface area contributed by atoms with Crippen LogP contribution in [0.1, 0.15) is 10.4 Å². The van der Waals surface area contributed by atoms with Crippen LogP contribution in [0.3, 0.4) is 0 Å². The van der Waals surface area contributed by atoms with Crippen LogP contribution in [0.5, 0.6) is 0 Å². The molecule has 0 saturated heterocycles. The summed E-state index contributed by atoms with van der Waals surface area (Å²) in [5.41, 5.74) is 0.638. The van der Waals surface area contributed by atoms with Crippen molar-refractivity contribution >= 4 is 17.7 Å². The van der Waals surface area contributed by atoms with Crippen LogP contribution >= 0.6 is 0 Å². The highest BCUT2D eigenvalue weighted by atomic mass is 16.5. The molecule has 5 heteroatoms. The van der Waals surface area contributed by atoms with Gasteiger partial charge in [0.15, 0.2) is 0 Å². The second-order valence-corrected chi connectivity index (χ2v) is 2.50. The second kappa shape index (κ2) is 4.27. The highest BCUT2D eigenvalue weighted by Crippen LogP contribution is 2.11.